The molecule has 0 aromatic rings. The van der Waals surface area contributed by atoms with Crippen LogP contribution >= 0.6 is 0 Å². The molecule has 0 bridgehead atoms. The Kier molecular flexibility index (Phi) is 9.89. The molecule has 0 fully saturated rings. The second-order valence-corrected chi connectivity index (χ2v) is 3.67. The van der Waals surface area contributed by atoms with Crippen molar-refractivity contribution in [1.29, 1.82) is 0 Å². The van der Waals surface area contributed by atoms with Crippen molar-refractivity contribution < 1.29 is 14.3 Å². The second kappa shape index (κ2) is 10.9. The van der Waals surface area contributed by atoms with Crippen LogP contribution in [0.15, 0.2) is 5.10 Å². The predicted octanol–water partition coefficient (Wildman–Crippen LogP) is 1.54. The molecule has 6 nitrogen and oxygen atoms in total. The third kappa shape index (κ3) is 12.3. The summed E-state index contributed by atoms with van der Waals surface area (Å²) >= 11 is 0. The number of carbonyl (C=O) groups excluding carboxylic acids is 2. The van der Waals surface area contributed by atoms with Crippen molar-refractivity contribution in [3.8, 4) is 0 Å². The van der Waals surface area contributed by atoms with E-state index in [1.54, 1.807) is 6.21 Å². The Morgan fingerprint density at radius 1 is 1.24 bits per heavy atom. The maximum Gasteiger partial charge on any atom is 0.332 e. The molecular formula is C11H21N3O3. The van der Waals surface area contributed by atoms with E-state index < -0.39 is 6.03 Å². The molecule has 6 heteroatoms. The van der Waals surface area contributed by atoms with E-state index in [1.807, 2.05) is 0 Å². The molecular weight excluding hydrogens is 222 g/mol. The Hall–Kier alpha value is -1.59. The Morgan fingerprint density at radius 3 is 2.53 bits per heavy atom. The minimum Gasteiger partial charge on any atom is -0.469 e. The van der Waals surface area contributed by atoms with Crippen molar-refractivity contribution in [2.75, 3.05) is 7.11 Å². The SMILES string of the molecule is COC(=O)CCCCCCCC=NNC(N)=O. The van der Waals surface area contributed by atoms with Gasteiger partial charge in [0.05, 0.1) is 7.11 Å². The number of urea groups is 1. The highest BCUT2D eigenvalue weighted by Crippen LogP contribution is 2.06. The average Bonchev–Trinajstić information content (AvgIpc) is 2.30. The van der Waals surface area contributed by atoms with Crippen LogP contribution < -0.4 is 11.2 Å². The number of ether oxygens (including phenoxy) is 1. The molecule has 0 spiro atoms. The Morgan fingerprint density at radius 2 is 1.88 bits per heavy atom. The van der Waals surface area contributed by atoms with Gasteiger partial charge in [-0.15, -0.1) is 0 Å². The lowest BCUT2D eigenvalue weighted by atomic mass is 10.1. The molecule has 3 N–H and O–H groups in total. The van der Waals surface area contributed by atoms with Crippen LogP contribution in [0.3, 0.4) is 0 Å². The van der Waals surface area contributed by atoms with Crippen LogP contribution in [0, 0.1) is 0 Å². The van der Waals surface area contributed by atoms with Crippen molar-refractivity contribution in [1.82, 2.24) is 5.43 Å². The smallest absolute Gasteiger partial charge is 0.332 e. The average molecular weight is 243 g/mol. The normalized spacial score (nSPS) is 10.4. The number of amides is 2. The highest BCUT2D eigenvalue weighted by Gasteiger charge is 1.98. The van der Waals surface area contributed by atoms with Gasteiger partial charge < -0.3 is 10.5 Å². The van der Waals surface area contributed by atoms with Crippen LogP contribution in [0.5, 0.6) is 0 Å². The summed E-state index contributed by atoms with van der Waals surface area (Å²) in [6.07, 6.45) is 8.06. The van der Waals surface area contributed by atoms with E-state index in [2.05, 4.69) is 15.3 Å². The Bertz CT molecular complexity index is 254. The number of hydrogen-bond donors (Lipinski definition) is 2. The van der Waals surface area contributed by atoms with Gasteiger partial charge in [0, 0.05) is 12.6 Å². The number of unbranched alkanes of at least 4 members (excludes halogenated alkanes) is 5. The molecule has 0 radical (unpaired) electrons. The van der Waals surface area contributed by atoms with Gasteiger partial charge in [0.1, 0.15) is 0 Å². The highest BCUT2D eigenvalue weighted by molar-refractivity contribution is 5.72. The number of esters is 1. The molecule has 0 aromatic carbocycles. The summed E-state index contributed by atoms with van der Waals surface area (Å²) in [5.74, 6) is -0.144. The molecule has 0 aliphatic heterocycles. The van der Waals surface area contributed by atoms with E-state index in [0.717, 1.165) is 38.5 Å². The lowest BCUT2D eigenvalue weighted by molar-refractivity contribution is -0.140. The fourth-order valence-electron chi connectivity index (χ4n) is 1.31. The van der Waals surface area contributed by atoms with Gasteiger partial charge in [-0.3, -0.25) is 4.79 Å². The number of primary amides is 1. The second-order valence-electron chi connectivity index (χ2n) is 3.67. The summed E-state index contributed by atoms with van der Waals surface area (Å²) in [5.41, 5.74) is 6.96. The fraction of sp³-hybridized carbons (Fsp3) is 0.727. The number of hydrogen-bond acceptors (Lipinski definition) is 4. The van der Waals surface area contributed by atoms with Gasteiger partial charge in [0.15, 0.2) is 0 Å². The van der Waals surface area contributed by atoms with Crippen LogP contribution in [0.1, 0.15) is 44.9 Å². The summed E-state index contributed by atoms with van der Waals surface area (Å²) in [7, 11) is 1.40. The summed E-state index contributed by atoms with van der Waals surface area (Å²) in [6.45, 7) is 0. The molecule has 2 amide bonds. The molecule has 0 heterocycles. The molecule has 0 saturated carbocycles. The van der Waals surface area contributed by atoms with Gasteiger partial charge in [-0.2, -0.15) is 5.10 Å². The number of nitrogens with zero attached hydrogens (tertiary/aromatic N) is 1. The van der Waals surface area contributed by atoms with Crippen LogP contribution in [-0.4, -0.2) is 25.3 Å². The fourth-order valence-corrected chi connectivity index (χ4v) is 1.31. The van der Waals surface area contributed by atoms with Crippen LogP contribution in [0.4, 0.5) is 4.79 Å². The largest absolute Gasteiger partial charge is 0.469 e. The molecule has 0 unspecified atom stereocenters. The highest BCUT2D eigenvalue weighted by atomic mass is 16.5. The third-order valence-corrected chi connectivity index (χ3v) is 2.21. The first-order chi connectivity index (χ1) is 8.16. The first-order valence-corrected chi connectivity index (χ1v) is 5.80. The van der Waals surface area contributed by atoms with Crippen LogP contribution in [-0.2, 0) is 9.53 Å². The summed E-state index contributed by atoms with van der Waals surface area (Å²) in [4.78, 5) is 21.0. The molecule has 0 aliphatic rings. The lowest BCUT2D eigenvalue weighted by Gasteiger charge is -1.99. The standard InChI is InChI=1S/C11H21N3O3/c1-17-10(15)8-6-4-2-3-5-7-9-13-14-11(12)16/h9H,2-8H2,1H3,(H3,12,14,16). The minimum absolute atomic E-state index is 0.144. The zero-order valence-electron chi connectivity index (χ0n) is 10.3. The predicted molar refractivity (Wildman–Crippen MR) is 65.5 cm³/mol. The van der Waals surface area contributed by atoms with E-state index >= 15 is 0 Å². The molecule has 0 aliphatic carbocycles. The number of carbonyl (C=O) groups is 2. The van der Waals surface area contributed by atoms with E-state index in [1.165, 1.54) is 7.11 Å². The van der Waals surface area contributed by atoms with E-state index in [4.69, 9.17) is 5.73 Å². The van der Waals surface area contributed by atoms with Crippen molar-refractivity contribution in [2.45, 2.75) is 44.9 Å². The van der Waals surface area contributed by atoms with Gasteiger partial charge in [-0.05, 0) is 19.3 Å². The Labute approximate surface area is 102 Å². The Balaban J connectivity index is 3.16. The number of hydrazone groups is 1. The molecule has 17 heavy (non-hydrogen) atoms. The molecule has 0 atom stereocenters. The molecule has 0 aromatic heterocycles. The van der Waals surface area contributed by atoms with E-state index in [9.17, 15) is 9.59 Å². The third-order valence-electron chi connectivity index (χ3n) is 2.21. The van der Waals surface area contributed by atoms with Gasteiger partial charge in [0.2, 0.25) is 0 Å². The monoisotopic (exact) mass is 243 g/mol. The number of methoxy groups -OCH3 is 1. The van der Waals surface area contributed by atoms with Gasteiger partial charge in [0.25, 0.3) is 0 Å². The van der Waals surface area contributed by atoms with Crippen LogP contribution in [0.25, 0.3) is 0 Å². The first-order valence-electron chi connectivity index (χ1n) is 5.80. The van der Waals surface area contributed by atoms with Crippen molar-refractivity contribution >= 4 is 18.2 Å². The maximum absolute atomic E-state index is 10.8. The van der Waals surface area contributed by atoms with Crippen molar-refractivity contribution in [2.24, 2.45) is 10.8 Å². The van der Waals surface area contributed by atoms with Crippen LogP contribution in [0.2, 0.25) is 0 Å². The van der Waals surface area contributed by atoms with Gasteiger partial charge in [-0.1, -0.05) is 19.3 Å². The zero-order chi connectivity index (χ0) is 12.9. The first kappa shape index (κ1) is 15.4. The van der Waals surface area contributed by atoms with Crippen molar-refractivity contribution in [3.05, 3.63) is 0 Å². The molecule has 0 rings (SSSR count). The molecule has 98 valence electrons. The van der Waals surface area contributed by atoms with Gasteiger partial charge >= 0.3 is 12.0 Å². The van der Waals surface area contributed by atoms with E-state index in [-0.39, 0.29) is 5.97 Å². The number of nitrogens with two attached hydrogens (primary N) is 1. The zero-order valence-corrected chi connectivity index (χ0v) is 10.3. The quantitative estimate of drug-likeness (QED) is 0.278. The lowest BCUT2D eigenvalue weighted by Crippen LogP contribution is -2.24. The topological polar surface area (TPSA) is 93.8 Å². The number of nitrogens with one attached hydrogen (secondary N) is 1. The van der Waals surface area contributed by atoms with Gasteiger partial charge in [-0.25, -0.2) is 10.2 Å². The molecule has 0 saturated heterocycles. The minimum atomic E-state index is -0.649. The number of rotatable bonds is 9. The summed E-state index contributed by atoms with van der Waals surface area (Å²) < 4.78 is 4.54. The summed E-state index contributed by atoms with van der Waals surface area (Å²) in [5, 5.41) is 3.63. The maximum atomic E-state index is 10.8. The van der Waals surface area contributed by atoms with Crippen molar-refractivity contribution in [3.63, 3.8) is 0 Å². The van der Waals surface area contributed by atoms with E-state index in [0.29, 0.717) is 6.42 Å². The summed E-state index contributed by atoms with van der Waals surface area (Å²) in [6, 6.07) is -0.649.